The molecule has 1 aromatic rings. The minimum atomic E-state index is -0.678. The van der Waals surface area contributed by atoms with Crippen molar-refractivity contribution in [3.8, 4) is 0 Å². The summed E-state index contributed by atoms with van der Waals surface area (Å²) in [5, 5.41) is 0. The van der Waals surface area contributed by atoms with Gasteiger partial charge in [0.25, 0.3) is 0 Å². The second-order valence-corrected chi connectivity index (χ2v) is 5.73. The molecule has 4 nitrogen and oxygen atoms in total. The molecule has 1 aliphatic rings. The van der Waals surface area contributed by atoms with Gasteiger partial charge in [0.1, 0.15) is 4.99 Å². The molecule has 0 spiro atoms. The van der Waals surface area contributed by atoms with Crippen molar-refractivity contribution in [1.29, 1.82) is 0 Å². The van der Waals surface area contributed by atoms with E-state index in [1.807, 2.05) is 6.07 Å². The van der Waals surface area contributed by atoms with E-state index < -0.39 is 10.8 Å². The monoisotopic (exact) mass is 255 g/mol. The van der Waals surface area contributed by atoms with Crippen LogP contribution in [0.1, 0.15) is 5.56 Å². The molecule has 0 aromatic carbocycles. The molecule has 16 heavy (non-hydrogen) atoms. The van der Waals surface area contributed by atoms with Gasteiger partial charge >= 0.3 is 0 Å². The Morgan fingerprint density at radius 2 is 2.19 bits per heavy atom. The molecular formula is C10H13N3OS2. The van der Waals surface area contributed by atoms with Crippen molar-refractivity contribution < 1.29 is 4.21 Å². The number of nitrogens with two attached hydrogens (primary N) is 1. The number of nitrogens with zero attached hydrogens (tertiary/aromatic N) is 2. The number of aromatic nitrogens is 1. The summed E-state index contributed by atoms with van der Waals surface area (Å²) >= 11 is 5.01. The minimum Gasteiger partial charge on any atom is -0.389 e. The zero-order valence-electron chi connectivity index (χ0n) is 8.76. The average Bonchev–Trinajstić information content (AvgIpc) is 2.30. The Morgan fingerprint density at radius 3 is 2.81 bits per heavy atom. The summed E-state index contributed by atoms with van der Waals surface area (Å²) in [6.45, 7) is 1.54. The van der Waals surface area contributed by atoms with Crippen LogP contribution >= 0.6 is 12.2 Å². The lowest BCUT2D eigenvalue weighted by molar-refractivity contribution is 0.673. The van der Waals surface area contributed by atoms with Crippen LogP contribution in [0, 0.1) is 0 Å². The van der Waals surface area contributed by atoms with Gasteiger partial charge in [-0.2, -0.15) is 0 Å². The van der Waals surface area contributed by atoms with Crippen molar-refractivity contribution in [2.45, 2.75) is 0 Å². The Kier molecular flexibility index (Phi) is 3.50. The molecule has 1 aromatic heterocycles. The van der Waals surface area contributed by atoms with Crippen molar-refractivity contribution in [3.63, 3.8) is 0 Å². The maximum Gasteiger partial charge on any atom is 0.106 e. The lowest BCUT2D eigenvalue weighted by atomic mass is 10.2. The fraction of sp³-hybridized carbons (Fsp3) is 0.400. The zero-order valence-corrected chi connectivity index (χ0v) is 10.4. The lowest BCUT2D eigenvalue weighted by Crippen LogP contribution is -2.38. The highest BCUT2D eigenvalue weighted by atomic mass is 32.2. The number of hydrogen-bond donors (Lipinski definition) is 1. The van der Waals surface area contributed by atoms with Gasteiger partial charge in [-0.25, -0.2) is 0 Å². The van der Waals surface area contributed by atoms with E-state index in [9.17, 15) is 4.21 Å². The Hall–Kier alpha value is -1.01. The summed E-state index contributed by atoms with van der Waals surface area (Å²) in [5.74, 6) is 1.40. The van der Waals surface area contributed by atoms with Crippen molar-refractivity contribution in [2.75, 3.05) is 29.5 Å². The smallest absolute Gasteiger partial charge is 0.106 e. The Labute approximate surface area is 102 Å². The molecule has 0 unspecified atom stereocenters. The van der Waals surface area contributed by atoms with Gasteiger partial charge in [0.05, 0.1) is 11.9 Å². The summed E-state index contributed by atoms with van der Waals surface area (Å²) < 4.78 is 11.3. The van der Waals surface area contributed by atoms with E-state index in [1.165, 1.54) is 0 Å². The molecule has 2 heterocycles. The zero-order chi connectivity index (χ0) is 11.5. The van der Waals surface area contributed by atoms with Gasteiger partial charge in [0.15, 0.2) is 0 Å². The van der Waals surface area contributed by atoms with Gasteiger partial charge in [-0.05, 0) is 6.07 Å². The highest BCUT2D eigenvalue weighted by Crippen LogP contribution is 2.20. The highest BCUT2D eigenvalue weighted by Gasteiger charge is 2.18. The first-order valence-corrected chi connectivity index (χ1v) is 6.92. The first-order valence-electron chi connectivity index (χ1n) is 5.02. The molecule has 1 fully saturated rings. The molecule has 2 rings (SSSR count). The van der Waals surface area contributed by atoms with Crippen LogP contribution in [0.15, 0.2) is 18.5 Å². The van der Waals surface area contributed by atoms with E-state index in [-0.39, 0.29) is 0 Å². The number of thiocarbonyl (C=S) groups is 1. The second-order valence-electron chi connectivity index (χ2n) is 3.59. The van der Waals surface area contributed by atoms with Crippen molar-refractivity contribution in [3.05, 3.63) is 24.0 Å². The predicted octanol–water partition coefficient (Wildman–Crippen LogP) is 0.284. The number of anilines is 1. The highest BCUT2D eigenvalue weighted by molar-refractivity contribution is 7.85. The molecule has 0 radical (unpaired) electrons. The lowest BCUT2D eigenvalue weighted by Gasteiger charge is -2.29. The quantitative estimate of drug-likeness (QED) is 0.770. The summed E-state index contributed by atoms with van der Waals surface area (Å²) in [5.41, 5.74) is 7.46. The van der Waals surface area contributed by atoms with Crippen LogP contribution in [0.3, 0.4) is 0 Å². The SMILES string of the molecule is NC(=S)c1ccncc1N1CCS(=O)CC1. The predicted molar refractivity (Wildman–Crippen MR) is 70.2 cm³/mol. The maximum absolute atomic E-state index is 11.3. The molecule has 86 valence electrons. The maximum atomic E-state index is 11.3. The molecule has 0 saturated carbocycles. The van der Waals surface area contributed by atoms with Crippen LogP contribution in [0.5, 0.6) is 0 Å². The first-order chi connectivity index (χ1) is 7.68. The molecule has 0 atom stereocenters. The average molecular weight is 255 g/mol. The topological polar surface area (TPSA) is 59.2 Å². The van der Waals surface area contributed by atoms with E-state index >= 15 is 0 Å². The summed E-state index contributed by atoms with van der Waals surface area (Å²) in [6, 6.07) is 1.82. The minimum absolute atomic E-state index is 0.379. The third kappa shape index (κ3) is 2.38. The molecule has 2 N–H and O–H groups in total. The molecule has 6 heteroatoms. The summed E-state index contributed by atoms with van der Waals surface area (Å²) in [6.07, 6.45) is 3.45. The Morgan fingerprint density at radius 1 is 1.50 bits per heavy atom. The van der Waals surface area contributed by atoms with Gasteiger partial charge in [-0.1, -0.05) is 12.2 Å². The Balaban J connectivity index is 2.26. The van der Waals surface area contributed by atoms with E-state index in [1.54, 1.807) is 12.4 Å². The van der Waals surface area contributed by atoms with Crippen LogP contribution in [0.4, 0.5) is 5.69 Å². The van der Waals surface area contributed by atoms with Crippen LogP contribution in [-0.4, -0.2) is 38.8 Å². The van der Waals surface area contributed by atoms with Gasteiger partial charge in [0, 0.05) is 47.2 Å². The standard InChI is InChI=1S/C10H13N3OS2/c11-10(15)8-1-2-12-7-9(8)13-3-5-16(14)6-4-13/h1-2,7H,3-6H2,(H2,11,15). The third-order valence-electron chi connectivity index (χ3n) is 2.58. The number of rotatable bonds is 2. The Bertz CT molecular complexity index is 426. The molecule has 1 saturated heterocycles. The van der Waals surface area contributed by atoms with Crippen LogP contribution in [0.2, 0.25) is 0 Å². The van der Waals surface area contributed by atoms with Crippen molar-refractivity contribution in [2.24, 2.45) is 5.73 Å². The van der Waals surface area contributed by atoms with E-state index in [2.05, 4.69) is 9.88 Å². The normalized spacial score (nSPS) is 17.4. The summed E-state index contributed by atoms with van der Waals surface area (Å²) in [7, 11) is -0.678. The molecule has 0 amide bonds. The summed E-state index contributed by atoms with van der Waals surface area (Å²) in [4.78, 5) is 6.61. The van der Waals surface area contributed by atoms with Gasteiger partial charge < -0.3 is 10.6 Å². The third-order valence-corrected chi connectivity index (χ3v) is 4.08. The fourth-order valence-electron chi connectivity index (χ4n) is 1.73. The van der Waals surface area contributed by atoms with Crippen LogP contribution < -0.4 is 10.6 Å². The second kappa shape index (κ2) is 4.88. The van der Waals surface area contributed by atoms with Crippen molar-refractivity contribution >= 4 is 33.7 Å². The van der Waals surface area contributed by atoms with Crippen LogP contribution in [-0.2, 0) is 10.8 Å². The van der Waals surface area contributed by atoms with Crippen LogP contribution in [0.25, 0.3) is 0 Å². The first kappa shape index (κ1) is 11.5. The van der Waals surface area contributed by atoms with Gasteiger partial charge in [-0.15, -0.1) is 0 Å². The van der Waals surface area contributed by atoms with Gasteiger partial charge in [-0.3, -0.25) is 9.19 Å². The fourth-order valence-corrected chi connectivity index (χ4v) is 2.95. The molecule has 0 aliphatic carbocycles. The van der Waals surface area contributed by atoms with E-state index in [0.717, 1.165) is 24.3 Å². The molecular weight excluding hydrogens is 242 g/mol. The molecule has 0 bridgehead atoms. The number of pyridine rings is 1. The van der Waals surface area contributed by atoms with E-state index in [4.69, 9.17) is 18.0 Å². The van der Waals surface area contributed by atoms with E-state index in [0.29, 0.717) is 16.5 Å². The largest absolute Gasteiger partial charge is 0.389 e. The number of hydrogen-bond acceptors (Lipinski definition) is 4. The van der Waals surface area contributed by atoms with Gasteiger partial charge in [0.2, 0.25) is 0 Å². The van der Waals surface area contributed by atoms with Crippen molar-refractivity contribution in [1.82, 2.24) is 4.98 Å². The molecule has 1 aliphatic heterocycles.